The molecule has 3 nitrogen and oxygen atoms in total. The number of halogens is 3. The van der Waals surface area contributed by atoms with Gasteiger partial charge in [-0.3, -0.25) is 0 Å². The lowest BCUT2D eigenvalue weighted by atomic mass is 10.1. The van der Waals surface area contributed by atoms with Gasteiger partial charge in [0.25, 0.3) is 0 Å². The Morgan fingerprint density at radius 1 is 1.38 bits per heavy atom. The molecule has 0 amide bonds. The van der Waals surface area contributed by atoms with Crippen LogP contribution in [0.3, 0.4) is 0 Å². The maximum atomic E-state index is 12.9. The second kappa shape index (κ2) is 6.62. The molecule has 0 aliphatic carbocycles. The Hall–Kier alpha value is -0.910. The van der Waals surface area contributed by atoms with Gasteiger partial charge in [0.05, 0.1) is 13.7 Å². The first-order chi connectivity index (χ1) is 7.08. The predicted octanol–water partition coefficient (Wildman–Crippen LogP) is 1.26. The average Bonchev–Trinajstić information content (AvgIpc) is 2.22. The molecular weight excluding hydrogens is 240 g/mol. The van der Waals surface area contributed by atoms with Crippen LogP contribution in [0.15, 0.2) is 12.1 Å². The lowest BCUT2D eigenvalue weighted by Gasteiger charge is -2.12. The van der Waals surface area contributed by atoms with E-state index < -0.39 is 17.7 Å². The monoisotopic (exact) mass is 253 g/mol. The molecule has 16 heavy (non-hydrogen) atoms. The van der Waals surface area contributed by atoms with Crippen molar-refractivity contribution in [1.29, 1.82) is 0 Å². The fourth-order valence-electron chi connectivity index (χ4n) is 1.27. The summed E-state index contributed by atoms with van der Waals surface area (Å²) in [5.41, 5.74) is 5.94. The minimum absolute atomic E-state index is 0. The van der Waals surface area contributed by atoms with Crippen LogP contribution in [-0.4, -0.2) is 24.9 Å². The maximum Gasteiger partial charge on any atom is 0.162 e. The number of hydrogen-bond donors (Lipinski definition) is 2. The third-order valence-corrected chi connectivity index (χ3v) is 2.04. The first kappa shape index (κ1) is 15.1. The van der Waals surface area contributed by atoms with Crippen LogP contribution in [0.25, 0.3) is 0 Å². The van der Waals surface area contributed by atoms with E-state index >= 15 is 0 Å². The van der Waals surface area contributed by atoms with Gasteiger partial charge >= 0.3 is 0 Å². The van der Waals surface area contributed by atoms with Crippen LogP contribution in [0.1, 0.15) is 5.56 Å². The van der Waals surface area contributed by atoms with E-state index in [9.17, 15) is 8.78 Å². The minimum Gasteiger partial charge on any atom is -0.496 e. The van der Waals surface area contributed by atoms with Gasteiger partial charge in [-0.05, 0) is 18.1 Å². The number of aliphatic hydroxyl groups is 1. The molecule has 0 fully saturated rings. The van der Waals surface area contributed by atoms with Crippen LogP contribution < -0.4 is 10.5 Å². The average molecular weight is 254 g/mol. The Morgan fingerprint density at radius 2 is 1.94 bits per heavy atom. The van der Waals surface area contributed by atoms with E-state index in [1.807, 2.05) is 0 Å². The molecule has 0 saturated carbocycles. The number of hydrogen-bond acceptors (Lipinski definition) is 3. The van der Waals surface area contributed by atoms with Gasteiger partial charge in [0.2, 0.25) is 0 Å². The molecule has 0 saturated heterocycles. The smallest absolute Gasteiger partial charge is 0.162 e. The predicted molar refractivity (Wildman–Crippen MR) is 58.9 cm³/mol. The summed E-state index contributed by atoms with van der Waals surface area (Å²) in [6.07, 6.45) is 0.233. The molecule has 0 bridgehead atoms. The summed E-state index contributed by atoms with van der Waals surface area (Å²) >= 11 is 0. The molecule has 0 radical (unpaired) electrons. The number of methoxy groups -OCH3 is 1. The molecule has 1 unspecified atom stereocenters. The molecule has 92 valence electrons. The number of ether oxygens (including phenoxy) is 1. The Balaban J connectivity index is 0.00000225. The molecule has 6 heteroatoms. The van der Waals surface area contributed by atoms with Gasteiger partial charge in [0, 0.05) is 12.1 Å². The zero-order chi connectivity index (χ0) is 11.4. The zero-order valence-electron chi connectivity index (χ0n) is 8.74. The van der Waals surface area contributed by atoms with Gasteiger partial charge in [0.15, 0.2) is 11.6 Å². The van der Waals surface area contributed by atoms with Gasteiger partial charge in [-0.25, -0.2) is 8.78 Å². The fourth-order valence-corrected chi connectivity index (χ4v) is 1.27. The van der Waals surface area contributed by atoms with E-state index in [1.165, 1.54) is 7.11 Å². The van der Waals surface area contributed by atoms with E-state index in [0.29, 0.717) is 5.56 Å². The molecule has 3 N–H and O–H groups in total. The van der Waals surface area contributed by atoms with Gasteiger partial charge in [-0.2, -0.15) is 0 Å². The van der Waals surface area contributed by atoms with Crippen molar-refractivity contribution >= 4 is 12.4 Å². The first-order valence-electron chi connectivity index (χ1n) is 4.46. The van der Waals surface area contributed by atoms with Gasteiger partial charge in [0.1, 0.15) is 5.75 Å². The van der Waals surface area contributed by atoms with Crippen LogP contribution in [0.5, 0.6) is 5.75 Å². The molecule has 0 spiro atoms. The van der Waals surface area contributed by atoms with Crippen LogP contribution in [-0.2, 0) is 6.42 Å². The largest absolute Gasteiger partial charge is 0.496 e. The van der Waals surface area contributed by atoms with Crippen LogP contribution >= 0.6 is 12.4 Å². The minimum atomic E-state index is -0.965. The second-order valence-electron chi connectivity index (χ2n) is 3.22. The third-order valence-electron chi connectivity index (χ3n) is 2.04. The Kier molecular flexibility index (Phi) is 6.25. The number of rotatable bonds is 4. The maximum absolute atomic E-state index is 12.9. The first-order valence-corrected chi connectivity index (χ1v) is 4.46. The SMILES string of the molecule is COc1cc(F)c(F)cc1CC(N)CO.Cl. The van der Waals surface area contributed by atoms with Crippen LogP contribution in [0.2, 0.25) is 0 Å². The summed E-state index contributed by atoms with van der Waals surface area (Å²) in [4.78, 5) is 0. The van der Waals surface area contributed by atoms with E-state index in [2.05, 4.69) is 0 Å². The van der Waals surface area contributed by atoms with Crippen molar-refractivity contribution in [3.05, 3.63) is 29.3 Å². The number of nitrogens with two attached hydrogens (primary N) is 1. The Labute approximate surface area is 98.6 Å². The number of aliphatic hydroxyl groups excluding tert-OH is 1. The highest BCUT2D eigenvalue weighted by atomic mass is 35.5. The van der Waals surface area contributed by atoms with Crippen molar-refractivity contribution in [3.63, 3.8) is 0 Å². The van der Waals surface area contributed by atoms with E-state index in [0.717, 1.165) is 12.1 Å². The summed E-state index contributed by atoms with van der Waals surface area (Å²) in [5.74, 6) is -1.68. The van der Waals surface area contributed by atoms with Crippen molar-refractivity contribution < 1.29 is 18.6 Å². The summed E-state index contributed by atoms with van der Waals surface area (Å²) < 4.78 is 30.6. The summed E-state index contributed by atoms with van der Waals surface area (Å²) in [5, 5.41) is 8.75. The summed E-state index contributed by atoms with van der Waals surface area (Å²) in [7, 11) is 1.36. The molecule has 1 aromatic carbocycles. The molecule has 1 rings (SSSR count). The summed E-state index contributed by atoms with van der Waals surface area (Å²) in [6, 6.07) is 1.49. The van der Waals surface area contributed by atoms with Crippen molar-refractivity contribution in [2.75, 3.05) is 13.7 Å². The van der Waals surface area contributed by atoms with Crippen LogP contribution in [0.4, 0.5) is 8.78 Å². The van der Waals surface area contributed by atoms with E-state index in [4.69, 9.17) is 15.6 Å². The molecule has 1 aromatic rings. The van der Waals surface area contributed by atoms with Crippen LogP contribution in [0, 0.1) is 11.6 Å². The quantitative estimate of drug-likeness (QED) is 0.849. The fraction of sp³-hybridized carbons (Fsp3) is 0.400. The highest BCUT2D eigenvalue weighted by Crippen LogP contribution is 2.23. The second-order valence-corrected chi connectivity index (χ2v) is 3.22. The molecule has 0 aliphatic rings. The third kappa shape index (κ3) is 3.59. The molecule has 0 heterocycles. The lowest BCUT2D eigenvalue weighted by Crippen LogP contribution is -2.27. The molecule has 1 atom stereocenters. The number of benzene rings is 1. The highest BCUT2D eigenvalue weighted by Gasteiger charge is 2.12. The standard InChI is InChI=1S/C10H13F2NO2.ClH/c1-15-10-4-9(12)8(11)3-6(10)2-7(13)5-14;/h3-4,7,14H,2,5,13H2,1H3;1H. The Bertz CT molecular complexity index is 350. The van der Waals surface area contributed by atoms with Crippen molar-refractivity contribution in [1.82, 2.24) is 0 Å². The molecular formula is C10H14ClF2NO2. The van der Waals surface area contributed by atoms with Gasteiger partial charge in [-0.1, -0.05) is 0 Å². The van der Waals surface area contributed by atoms with Crippen molar-refractivity contribution in [2.24, 2.45) is 5.73 Å². The van der Waals surface area contributed by atoms with Gasteiger partial charge < -0.3 is 15.6 Å². The normalized spacial score (nSPS) is 11.8. The highest BCUT2D eigenvalue weighted by molar-refractivity contribution is 5.85. The summed E-state index contributed by atoms with van der Waals surface area (Å²) in [6.45, 7) is -0.220. The Morgan fingerprint density at radius 3 is 2.44 bits per heavy atom. The molecule has 0 aromatic heterocycles. The van der Waals surface area contributed by atoms with E-state index in [-0.39, 0.29) is 31.2 Å². The zero-order valence-corrected chi connectivity index (χ0v) is 9.56. The van der Waals surface area contributed by atoms with Crippen molar-refractivity contribution in [2.45, 2.75) is 12.5 Å². The van der Waals surface area contributed by atoms with Gasteiger partial charge in [-0.15, -0.1) is 12.4 Å². The van der Waals surface area contributed by atoms with E-state index in [1.54, 1.807) is 0 Å². The van der Waals surface area contributed by atoms with Crippen molar-refractivity contribution in [3.8, 4) is 5.75 Å². The topological polar surface area (TPSA) is 55.5 Å². The molecule has 0 aliphatic heterocycles. The lowest BCUT2D eigenvalue weighted by molar-refractivity contribution is 0.264.